The molecule has 6 heteroatoms. The third-order valence-corrected chi connectivity index (χ3v) is 3.67. The molecular formula is C12H8BrIN2O2. The van der Waals surface area contributed by atoms with Crippen molar-refractivity contribution in [3.63, 3.8) is 0 Å². The second kappa shape index (κ2) is 5.66. The van der Waals surface area contributed by atoms with Gasteiger partial charge in [-0.2, -0.15) is 0 Å². The first-order valence-electron chi connectivity index (χ1n) is 5.03. The van der Waals surface area contributed by atoms with E-state index in [-0.39, 0.29) is 10.6 Å². The van der Waals surface area contributed by atoms with E-state index in [1.54, 1.807) is 12.1 Å². The molecule has 0 amide bonds. The molecule has 0 heterocycles. The molecule has 18 heavy (non-hydrogen) atoms. The first-order chi connectivity index (χ1) is 8.56. The zero-order chi connectivity index (χ0) is 13.1. The van der Waals surface area contributed by atoms with Crippen molar-refractivity contribution in [1.82, 2.24) is 0 Å². The molecule has 1 N–H and O–H groups in total. The molecule has 0 spiro atoms. The van der Waals surface area contributed by atoms with Gasteiger partial charge in [0.15, 0.2) is 0 Å². The summed E-state index contributed by atoms with van der Waals surface area (Å²) in [7, 11) is 0. The Kier molecular flexibility index (Phi) is 4.18. The molecular weight excluding hydrogens is 411 g/mol. The van der Waals surface area contributed by atoms with E-state index in [9.17, 15) is 10.1 Å². The first-order valence-corrected chi connectivity index (χ1v) is 6.90. The Morgan fingerprint density at radius 3 is 2.28 bits per heavy atom. The van der Waals surface area contributed by atoms with Crippen LogP contribution in [0.1, 0.15) is 0 Å². The maximum absolute atomic E-state index is 10.7. The monoisotopic (exact) mass is 418 g/mol. The van der Waals surface area contributed by atoms with E-state index in [0.29, 0.717) is 3.57 Å². The minimum atomic E-state index is -0.384. The summed E-state index contributed by atoms with van der Waals surface area (Å²) in [5.74, 6) is 0. The molecule has 0 aliphatic carbocycles. The molecule has 0 unspecified atom stereocenters. The van der Waals surface area contributed by atoms with Crippen molar-refractivity contribution >= 4 is 55.6 Å². The number of hydrogen-bond donors (Lipinski definition) is 1. The minimum Gasteiger partial charge on any atom is -0.355 e. The van der Waals surface area contributed by atoms with Crippen LogP contribution in [0.25, 0.3) is 0 Å². The third kappa shape index (κ3) is 3.20. The van der Waals surface area contributed by atoms with E-state index in [2.05, 4.69) is 21.2 Å². The fourth-order valence-corrected chi connectivity index (χ4v) is 2.41. The molecule has 0 aliphatic rings. The summed E-state index contributed by atoms with van der Waals surface area (Å²) in [6.45, 7) is 0. The van der Waals surface area contributed by atoms with Crippen molar-refractivity contribution in [3.8, 4) is 0 Å². The highest BCUT2D eigenvalue weighted by Crippen LogP contribution is 2.26. The van der Waals surface area contributed by atoms with Crippen LogP contribution in [0.2, 0.25) is 0 Å². The van der Waals surface area contributed by atoms with Crippen LogP contribution in [-0.4, -0.2) is 4.92 Å². The summed E-state index contributed by atoms with van der Waals surface area (Å²) < 4.78 is 1.62. The van der Waals surface area contributed by atoms with Gasteiger partial charge in [0.05, 0.1) is 8.49 Å². The third-order valence-electron chi connectivity index (χ3n) is 2.28. The summed E-state index contributed by atoms with van der Waals surface area (Å²) >= 11 is 5.32. The molecule has 2 rings (SSSR count). The highest BCUT2D eigenvalue weighted by Gasteiger charge is 2.11. The number of halogens is 2. The van der Waals surface area contributed by atoms with Gasteiger partial charge in [-0.15, -0.1) is 0 Å². The first kappa shape index (κ1) is 13.3. The standard InChI is InChI=1S/C12H8BrIN2O2/c13-8-1-3-9(4-2-8)15-10-5-6-12(16(17)18)11(14)7-10/h1-7,15H. The zero-order valence-corrected chi connectivity index (χ0v) is 12.8. The number of benzene rings is 2. The Hall–Kier alpha value is -1.15. The Labute approximate surface area is 126 Å². The number of rotatable bonds is 3. The molecule has 0 aliphatic heterocycles. The summed E-state index contributed by atoms with van der Waals surface area (Å²) in [6.07, 6.45) is 0. The van der Waals surface area contributed by atoms with Gasteiger partial charge < -0.3 is 5.32 Å². The van der Waals surface area contributed by atoms with Gasteiger partial charge in [0, 0.05) is 21.9 Å². The maximum Gasteiger partial charge on any atom is 0.282 e. The van der Waals surface area contributed by atoms with Crippen LogP contribution < -0.4 is 5.32 Å². The van der Waals surface area contributed by atoms with Crippen molar-refractivity contribution < 1.29 is 4.92 Å². The lowest BCUT2D eigenvalue weighted by Crippen LogP contribution is -1.94. The van der Waals surface area contributed by atoms with Gasteiger partial charge in [0.25, 0.3) is 5.69 Å². The lowest BCUT2D eigenvalue weighted by Gasteiger charge is -2.07. The van der Waals surface area contributed by atoms with Crippen LogP contribution in [0.4, 0.5) is 17.1 Å². The lowest BCUT2D eigenvalue weighted by atomic mass is 10.2. The van der Waals surface area contributed by atoms with Gasteiger partial charge in [-0.1, -0.05) is 15.9 Å². The van der Waals surface area contributed by atoms with E-state index in [4.69, 9.17) is 0 Å². The van der Waals surface area contributed by atoms with Crippen LogP contribution in [0, 0.1) is 13.7 Å². The Bertz CT molecular complexity index is 587. The van der Waals surface area contributed by atoms with Crippen molar-refractivity contribution in [2.45, 2.75) is 0 Å². The predicted octanol–water partition coefficient (Wildman–Crippen LogP) is 4.71. The summed E-state index contributed by atoms with van der Waals surface area (Å²) in [5.41, 5.74) is 1.88. The number of anilines is 2. The summed E-state index contributed by atoms with van der Waals surface area (Å²) in [6, 6.07) is 12.7. The lowest BCUT2D eigenvalue weighted by molar-refractivity contribution is -0.385. The highest BCUT2D eigenvalue weighted by molar-refractivity contribution is 14.1. The molecule has 0 aromatic heterocycles. The smallest absolute Gasteiger partial charge is 0.282 e. The van der Waals surface area contributed by atoms with Crippen LogP contribution in [0.3, 0.4) is 0 Å². The average Bonchev–Trinajstić information content (AvgIpc) is 2.32. The van der Waals surface area contributed by atoms with E-state index >= 15 is 0 Å². The van der Waals surface area contributed by atoms with Crippen LogP contribution in [0.15, 0.2) is 46.9 Å². The molecule has 92 valence electrons. The van der Waals surface area contributed by atoms with Crippen molar-refractivity contribution in [3.05, 3.63) is 60.6 Å². The van der Waals surface area contributed by atoms with Crippen molar-refractivity contribution in [2.24, 2.45) is 0 Å². The van der Waals surface area contributed by atoms with Gasteiger partial charge >= 0.3 is 0 Å². The Balaban J connectivity index is 2.22. The molecule has 0 radical (unpaired) electrons. The molecule has 4 nitrogen and oxygen atoms in total. The van der Waals surface area contributed by atoms with Gasteiger partial charge in [-0.05, 0) is 59.0 Å². The number of nitrogens with zero attached hydrogens (tertiary/aromatic N) is 1. The van der Waals surface area contributed by atoms with Crippen LogP contribution >= 0.6 is 38.5 Å². The van der Waals surface area contributed by atoms with Crippen LogP contribution in [-0.2, 0) is 0 Å². The second-order valence-electron chi connectivity index (χ2n) is 3.56. The van der Waals surface area contributed by atoms with Gasteiger partial charge in [0.2, 0.25) is 0 Å². The topological polar surface area (TPSA) is 55.2 Å². The molecule has 0 bridgehead atoms. The predicted molar refractivity (Wildman–Crippen MR) is 83.2 cm³/mol. The number of nitro benzene ring substituents is 1. The highest BCUT2D eigenvalue weighted by atomic mass is 127. The largest absolute Gasteiger partial charge is 0.355 e. The van der Waals surface area contributed by atoms with E-state index in [1.807, 2.05) is 46.9 Å². The van der Waals surface area contributed by atoms with E-state index < -0.39 is 0 Å². The van der Waals surface area contributed by atoms with Crippen LogP contribution in [0.5, 0.6) is 0 Å². The fourth-order valence-electron chi connectivity index (χ4n) is 1.43. The molecule has 2 aromatic carbocycles. The van der Waals surface area contributed by atoms with Crippen molar-refractivity contribution in [2.75, 3.05) is 5.32 Å². The molecule has 0 saturated carbocycles. The second-order valence-corrected chi connectivity index (χ2v) is 5.63. The van der Waals surface area contributed by atoms with Crippen molar-refractivity contribution in [1.29, 1.82) is 0 Å². The SMILES string of the molecule is O=[N+]([O-])c1ccc(Nc2ccc(Br)cc2)cc1I. The molecule has 2 aromatic rings. The minimum absolute atomic E-state index is 0.122. The summed E-state index contributed by atoms with van der Waals surface area (Å²) in [4.78, 5) is 10.3. The quantitative estimate of drug-likeness (QED) is 0.446. The molecule has 0 atom stereocenters. The number of hydrogen-bond acceptors (Lipinski definition) is 3. The fraction of sp³-hybridized carbons (Fsp3) is 0. The number of nitrogens with one attached hydrogen (secondary N) is 1. The zero-order valence-electron chi connectivity index (χ0n) is 9.06. The molecule has 0 saturated heterocycles. The maximum atomic E-state index is 10.7. The average molecular weight is 419 g/mol. The molecule has 0 fully saturated rings. The van der Waals surface area contributed by atoms with E-state index in [0.717, 1.165) is 15.8 Å². The van der Waals surface area contributed by atoms with Gasteiger partial charge in [-0.25, -0.2) is 0 Å². The normalized spacial score (nSPS) is 10.1. The Morgan fingerprint density at radius 2 is 1.72 bits per heavy atom. The van der Waals surface area contributed by atoms with Gasteiger partial charge in [-0.3, -0.25) is 10.1 Å². The summed E-state index contributed by atoms with van der Waals surface area (Å²) in [5, 5.41) is 13.9. The van der Waals surface area contributed by atoms with E-state index in [1.165, 1.54) is 6.07 Å². The van der Waals surface area contributed by atoms with Gasteiger partial charge in [0.1, 0.15) is 0 Å². The Morgan fingerprint density at radius 1 is 1.11 bits per heavy atom. The number of nitro groups is 1.